The van der Waals surface area contributed by atoms with E-state index in [4.69, 9.17) is 16.6 Å². The standard InChI is InChI=1S/C7H11N3O2/c8-3-5(9)4-1-6(11)10-7(12)2-4/h1-2,5H,3,8-9H2,(H2,10,11,12). The average Bonchev–Trinajstić information content (AvgIpc) is 2.01. The van der Waals surface area contributed by atoms with Gasteiger partial charge in [0.1, 0.15) is 0 Å². The number of aromatic nitrogens is 1. The third-order valence-corrected chi connectivity index (χ3v) is 1.53. The lowest BCUT2D eigenvalue weighted by Gasteiger charge is -2.07. The SMILES string of the molecule is NCC(N)c1cc(O)[nH]c(=O)c1. The molecule has 0 fully saturated rings. The number of pyridine rings is 1. The molecule has 0 bridgehead atoms. The molecule has 5 heteroatoms. The van der Waals surface area contributed by atoms with Crippen molar-refractivity contribution in [1.82, 2.24) is 4.98 Å². The van der Waals surface area contributed by atoms with Crippen LogP contribution in [0.3, 0.4) is 0 Å². The predicted molar refractivity (Wildman–Crippen MR) is 44.7 cm³/mol. The Balaban J connectivity index is 3.08. The number of hydrogen-bond acceptors (Lipinski definition) is 4. The van der Waals surface area contributed by atoms with Crippen molar-refractivity contribution in [2.45, 2.75) is 6.04 Å². The third kappa shape index (κ3) is 1.84. The molecule has 0 spiro atoms. The number of rotatable bonds is 2. The van der Waals surface area contributed by atoms with E-state index in [0.717, 1.165) is 0 Å². The summed E-state index contributed by atoms with van der Waals surface area (Å²) in [6.07, 6.45) is 0. The summed E-state index contributed by atoms with van der Waals surface area (Å²) < 4.78 is 0. The highest BCUT2D eigenvalue weighted by Gasteiger charge is 2.05. The van der Waals surface area contributed by atoms with Crippen LogP contribution in [0.2, 0.25) is 0 Å². The highest BCUT2D eigenvalue weighted by molar-refractivity contribution is 5.22. The Labute approximate surface area is 69.0 Å². The Kier molecular flexibility index (Phi) is 2.47. The smallest absolute Gasteiger partial charge is 0.251 e. The quantitative estimate of drug-likeness (QED) is 0.457. The van der Waals surface area contributed by atoms with Crippen LogP contribution < -0.4 is 17.0 Å². The van der Waals surface area contributed by atoms with Crippen molar-refractivity contribution in [3.8, 4) is 5.88 Å². The van der Waals surface area contributed by atoms with Crippen molar-refractivity contribution in [3.05, 3.63) is 28.0 Å². The molecule has 66 valence electrons. The average molecular weight is 169 g/mol. The first-order valence-corrected chi connectivity index (χ1v) is 3.52. The molecule has 1 heterocycles. The maximum Gasteiger partial charge on any atom is 0.251 e. The molecule has 0 aliphatic rings. The minimum Gasteiger partial charge on any atom is -0.495 e. The summed E-state index contributed by atoms with van der Waals surface area (Å²) >= 11 is 0. The Bertz CT molecular complexity index is 321. The molecule has 6 N–H and O–H groups in total. The van der Waals surface area contributed by atoms with Crippen LogP contribution in [-0.2, 0) is 0 Å². The van der Waals surface area contributed by atoms with Gasteiger partial charge >= 0.3 is 0 Å². The third-order valence-electron chi connectivity index (χ3n) is 1.53. The van der Waals surface area contributed by atoms with Gasteiger partial charge in [0.25, 0.3) is 5.56 Å². The maximum atomic E-state index is 10.8. The van der Waals surface area contributed by atoms with Crippen LogP contribution in [0.4, 0.5) is 0 Å². The second-order valence-corrected chi connectivity index (χ2v) is 2.51. The van der Waals surface area contributed by atoms with Crippen LogP contribution in [0.25, 0.3) is 0 Å². The molecule has 1 aromatic rings. The zero-order chi connectivity index (χ0) is 9.14. The summed E-state index contributed by atoms with van der Waals surface area (Å²) in [6.45, 7) is 0.239. The normalized spacial score (nSPS) is 12.8. The van der Waals surface area contributed by atoms with Gasteiger partial charge in [-0.25, -0.2) is 0 Å². The lowest BCUT2D eigenvalue weighted by Crippen LogP contribution is -2.22. The molecule has 1 rings (SSSR count). The number of hydrogen-bond donors (Lipinski definition) is 4. The summed E-state index contributed by atoms with van der Waals surface area (Å²) in [7, 11) is 0. The molecule has 0 radical (unpaired) electrons. The molecule has 0 aromatic carbocycles. The molecule has 12 heavy (non-hydrogen) atoms. The molecule has 0 saturated heterocycles. The van der Waals surface area contributed by atoms with Crippen molar-refractivity contribution in [2.24, 2.45) is 11.5 Å². The van der Waals surface area contributed by atoms with Crippen LogP contribution in [-0.4, -0.2) is 16.6 Å². The number of nitrogens with one attached hydrogen (secondary N) is 1. The van der Waals surface area contributed by atoms with Crippen molar-refractivity contribution in [1.29, 1.82) is 0 Å². The zero-order valence-corrected chi connectivity index (χ0v) is 6.45. The molecule has 0 aliphatic carbocycles. The van der Waals surface area contributed by atoms with Gasteiger partial charge in [0.2, 0.25) is 0 Å². The number of H-pyrrole nitrogens is 1. The Morgan fingerprint density at radius 2 is 2.25 bits per heavy atom. The van der Waals surface area contributed by atoms with Crippen molar-refractivity contribution >= 4 is 0 Å². The number of aromatic hydroxyl groups is 1. The summed E-state index contributed by atoms with van der Waals surface area (Å²) in [4.78, 5) is 13.0. The van der Waals surface area contributed by atoms with E-state index in [1.807, 2.05) is 0 Å². The van der Waals surface area contributed by atoms with Crippen molar-refractivity contribution in [3.63, 3.8) is 0 Å². The molecule has 0 amide bonds. The van der Waals surface area contributed by atoms with Gasteiger partial charge in [-0.3, -0.25) is 9.78 Å². The fourth-order valence-electron chi connectivity index (χ4n) is 0.899. The first-order chi connectivity index (χ1) is 5.63. The summed E-state index contributed by atoms with van der Waals surface area (Å²) in [5.74, 6) is -0.193. The van der Waals surface area contributed by atoms with Gasteiger partial charge < -0.3 is 16.6 Å². The van der Waals surface area contributed by atoms with Crippen LogP contribution in [0.1, 0.15) is 11.6 Å². The monoisotopic (exact) mass is 169 g/mol. The van der Waals surface area contributed by atoms with Gasteiger partial charge in [-0.05, 0) is 5.56 Å². The van der Waals surface area contributed by atoms with Crippen LogP contribution in [0, 0.1) is 0 Å². The molecular weight excluding hydrogens is 158 g/mol. The summed E-state index contributed by atoms with van der Waals surface area (Å²) in [5.41, 5.74) is 11.0. The minimum atomic E-state index is -0.404. The fourth-order valence-corrected chi connectivity index (χ4v) is 0.899. The van der Waals surface area contributed by atoms with E-state index >= 15 is 0 Å². The van der Waals surface area contributed by atoms with Crippen LogP contribution in [0.15, 0.2) is 16.9 Å². The van der Waals surface area contributed by atoms with Gasteiger partial charge in [0.15, 0.2) is 5.88 Å². The first kappa shape index (κ1) is 8.76. The summed E-state index contributed by atoms with van der Waals surface area (Å²) in [6, 6.07) is 2.30. The van der Waals surface area contributed by atoms with Crippen LogP contribution >= 0.6 is 0 Å². The highest BCUT2D eigenvalue weighted by atomic mass is 16.3. The second-order valence-electron chi connectivity index (χ2n) is 2.51. The van der Waals surface area contributed by atoms with Gasteiger partial charge in [0, 0.05) is 24.7 Å². The number of aromatic amines is 1. The fraction of sp³-hybridized carbons (Fsp3) is 0.286. The minimum absolute atomic E-state index is 0.193. The molecule has 1 unspecified atom stereocenters. The van der Waals surface area contributed by atoms with E-state index in [2.05, 4.69) is 4.98 Å². The van der Waals surface area contributed by atoms with E-state index in [0.29, 0.717) is 5.56 Å². The summed E-state index contributed by atoms with van der Waals surface area (Å²) in [5, 5.41) is 8.99. The molecule has 5 nitrogen and oxygen atoms in total. The lowest BCUT2D eigenvalue weighted by atomic mass is 10.1. The molecule has 1 atom stereocenters. The van der Waals surface area contributed by atoms with Gasteiger partial charge in [-0.1, -0.05) is 0 Å². The molecule has 0 saturated carbocycles. The lowest BCUT2D eigenvalue weighted by molar-refractivity contribution is 0.450. The molecular formula is C7H11N3O2. The zero-order valence-electron chi connectivity index (χ0n) is 6.45. The van der Waals surface area contributed by atoms with Gasteiger partial charge in [-0.15, -0.1) is 0 Å². The van der Waals surface area contributed by atoms with Gasteiger partial charge in [-0.2, -0.15) is 0 Å². The topological polar surface area (TPSA) is 105 Å². The van der Waals surface area contributed by atoms with Gasteiger partial charge in [0.05, 0.1) is 0 Å². The van der Waals surface area contributed by atoms with Crippen LogP contribution in [0.5, 0.6) is 5.88 Å². The Hall–Kier alpha value is -1.33. The Morgan fingerprint density at radius 1 is 1.58 bits per heavy atom. The van der Waals surface area contributed by atoms with Crippen molar-refractivity contribution in [2.75, 3.05) is 6.54 Å². The van der Waals surface area contributed by atoms with E-state index in [9.17, 15) is 4.79 Å². The second kappa shape index (κ2) is 3.38. The van der Waals surface area contributed by atoms with Crippen molar-refractivity contribution < 1.29 is 5.11 Å². The highest BCUT2D eigenvalue weighted by Crippen LogP contribution is 2.10. The van der Waals surface area contributed by atoms with E-state index in [1.54, 1.807) is 0 Å². The first-order valence-electron chi connectivity index (χ1n) is 3.52. The number of nitrogens with two attached hydrogens (primary N) is 2. The Morgan fingerprint density at radius 3 is 2.75 bits per heavy atom. The predicted octanol–water partition coefficient (Wildman–Crippen LogP) is -0.961. The largest absolute Gasteiger partial charge is 0.495 e. The molecule has 1 aromatic heterocycles. The van der Waals surface area contributed by atoms with E-state index in [1.165, 1.54) is 12.1 Å². The van der Waals surface area contributed by atoms with E-state index < -0.39 is 6.04 Å². The maximum absolute atomic E-state index is 10.8. The molecule has 0 aliphatic heterocycles. The van der Waals surface area contributed by atoms with E-state index in [-0.39, 0.29) is 18.0 Å².